The van der Waals surface area contributed by atoms with Crippen molar-refractivity contribution < 1.29 is 4.79 Å². The molecule has 0 saturated heterocycles. The second-order valence-electron chi connectivity index (χ2n) is 3.53. The molecule has 1 aromatic heterocycles. The lowest BCUT2D eigenvalue weighted by atomic mass is 10.3. The zero-order chi connectivity index (χ0) is 11.8. The highest BCUT2D eigenvalue weighted by Gasteiger charge is 1.99. The number of nitrogens with one attached hydrogen (secondary N) is 2. The molecule has 0 unspecified atom stereocenters. The first-order valence-electron chi connectivity index (χ1n) is 5.43. The monoisotopic (exact) mass is 222 g/mol. The van der Waals surface area contributed by atoms with Crippen molar-refractivity contribution in [1.82, 2.24) is 10.3 Å². The lowest BCUT2D eigenvalue weighted by Crippen LogP contribution is -2.25. The van der Waals surface area contributed by atoms with Crippen LogP contribution < -0.4 is 16.4 Å². The minimum atomic E-state index is 0.0613. The Balaban J connectivity index is 2.22. The molecule has 5 nitrogen and oxygen atoms in total. The maximum atomic E-state index is 11.3. The Labute approximate surface area is 95.4 Å². The van der Waals surface area contributed by atoms with E-state index in [2.05, 4.69) is 15.6 Å². The topological polar surface area (TPSA) is 80.0 Å². The molecule has 0 spiro atoms. The first-order chi connectivity index (χ1) is 7.72. The number of hydrogen-bond donors (Lipinski definition) is 3. The van der Waals surface area contributed by atoms with Crippen molar-refractivity contribution in [1.29, 1.82) is 0 Å². The Hall–Kier alpha value is -1.78. The molecule has 0 fully saturated rings. The van der Waals surface area contributed by atoms with Crippen molar-refractivity contribution in [3.63, 3.8) is 0 Å². The number of pyridine rings is 1. The average Bonchev–Trinajstić information content (AvgIpc) is 2.26. The van der Waals surface area contributed by atoms with Crippen LogP contribution in [0.4, 0.5) is 11.4 Å². The number of nitrogen functional groups attached to an aromatic ring is 1. The molecule has 88 valence electrons. The van der Waals surface area contributed by atoms with Crippen LogP contribution in [0.15, 0.2) is 18.5 Å². The third-order valence-electron chi connectivity index (χ3n) is 2.01. The molecule has 0 aliphatic heterocycles. The van der Waals surface area contributed by atoms with Crippen molar-refractivity contribution in [2.24, 2.45) is 0 Å². The maximum Gasteiger partial charge on any atom is 0.221 e. The predicted octanol–water partition coefficient (Wildman–Crippen LogP) is 0.992. The summed E-state index contributed by atoms with van der Waals surface area (Å²) in [7, 11) is 0. The standard InChI is InChI=1S/C11H18N4O/c1-2-4-15-11(16)3-5-14-10-6-9(12)7-13-8-10/h6-8,14H,2-5,12H2,1H3,(H,15,16). The Morgan fingerprint density at radius 2 is 2.25 bits per heavy atom. The Morgan fingerprint density at radius 1 is 1.44 bits per heavy atom. The van der Waals surface area contributed by atoms with Crippen LogP contribution in [0.25, 0.3) is 0 Å². The highest BCUT2D eigenvalue weighted by Crippen LogP contribution is 2.08. The largest absolute Gasteiger partial charge is 0.397 e. The molecule has 16 heavy (non-hydrogen) atoms. The van der Waals surface area contributed by atoms with Crippen LogP contribution in [-0.4, -0.2) is 24.0 Å². The first-order valence-corrected chi connectivity index (χ1v) is 5.43. The number of aromatic nitrogens is 1. The van der Waals surface area contributed by atoms with E-state index in [1.165, 1.54) is 0 Å². The zero-order valence-electron chi connectivity index (χ0n) is 9.49. The number of nitrogens with two attached hydrogens (primary N) is 1. The smallest absolute Gasteiger partial charge is 0.221 e. The summed E-state index contributed by atoms with van der Waals surface area (Å²) in [6.45, 7) is 3.34. The molecule has 0 aliphatic rings. The fraction of sp³-hybridized carbons (Fsp3) is 0.455. The highest BCUT2D eigenvalue weighted by atomic mass is 16.1. The lowest BCUT2D eigenvalue weighted by Gasteiger charge is -2.06. The van der Waals surface area contributed by atoms with E-state index in [0.717, 1.165) is 18.7 Å². The van der Waals surface area contributed by atoms with E-state index in [4.69, 9.17) is 5.73 Å². The summed E-state index contributed by atoms with van der Waals surface area (Å²) in [6, 6.07) is 1.79. The van der Waals surface area contributed by atoms with E-state index >= 15 is 0 Å². The van der Waals surface area contributed by atoms with Gasteiger partial charge in [0.15, 0.2) is 0 Å². The summed E-state index contributed by atoms with van der Waals surface area (Å²) in [6.07, 6.45) is 4.67. The SMILES string of the molecule is CCCNC(=O)CCNc1cncc(N)c1. The van der Waals surface area contributed by atoms with E-state index in [1.54, 1.807) is 18.5 Å². The van der Waals surface area contributed by atoms with Crippen molar-refractivity contribution in [2.45, 2.75) is 19.8 Å². The fourth-order valence-electron chi connectivity index (χ4n) is 1.23. The van der Waals surface area contributed by atoms with Gasteiger partial charge in [-0.2, -0.15) is 0 Å². The summed E-state index contributed by atoms with van der Waals surface area (Å²) < 4.78 is 0. The molecule has 0 aliphatic carbocycles. The minimum absolute atomic E-state index is 0.0613. The van der Waals surface area contributed by atoms with E-state index in [9.17, 15) is 4.79 Å². The molecule has 5 heteroatoms. The molecule has 4 N–H and O–H groups in total. The highest BCUT2D eigenvalue weighted by molar-refractivity contribution is 5.76. The van der Waals surface area contributed by atoms with E-state index in [-0.39, 0.29) is 5.91 Å². The Morgan fingerprint density at radius 3 is 2.94 bits per heavy atom. The molecular weight excluding hydrogens is 204 g/mol. The predicted molar refractivity (Wildman–Crippen MR) is 65.1 cm³/mol. The molecular formula is C11H18N4O. The Kier molecular flexibility index (Phi) is 5.11. The molecule has 1 aromatic rings. The van der Waals surface area contributed by atoms with Crippen LogP contribution in [0.2, 0.25) is 0 Å². The van der Waals surface area contributed by atoms with Crippen LogP contribution >= 0.6 is 0 Å². The summed E-state index contributed by atoms with van der Waals surface area (Å²) in [5.74, 6) is 0.0613. The molecule has 0 bridgehead atoms. The maximum absolute atomic E-state index is 11.3. The fourth-order valence-corrected chi connectivity index (χ4v) is 1.23. The summed E-state index contributed by atoms with van der Waals surface area (Å²) in [4.78, 5) is 15.2. The molecule has 1 amide bonds. The van der Waals surface area contributed by atoms with Crippen molar-refractivity contribution in [3.8, 4) is 0 Å². The molecule has 1 heterocycles. The molecule has 0 atom stereocenters. The summed E-state index contributed by atoms with van der Waals surface area (Å²) in [5.41, 5.74) is 7.02. The van der Waals surface area contributed by atoms with E-state index < -0.39 is 0 Å². The van der Waals surface area contributed by atoms with Gasteiger partial charge in [0.1, 0.15) is 0 Å². The van der Waals surface area contributed by atoms with Gasteiger partial charge in [-0.1, -0.05) is 6.92 Å². The van der Waals surface area contributed by atoms with Gasteiger partial charge < -0.3 is 16.4 Å². The van der Waals surface area contributed by atoms with E-state index in [1.807, 2.05) is 6.92 Å². The lowest BCUT2D eigenvalue weighted by molar-refractivity contribution is -0.120. The number of amides is 1. The zero-order valence-corrected chi connectivity index (χ0v) is 9.49. The average molecular weight is 222 g/mol. The summed E-state index contributed by atoms with van der Waals surface area (Å²) in [5, 5.41) is 5.90. The number of carbonyl (C=O) groups excluding carboxylic acids is 1. The number of rotatable bonds is 6. The second-order valence-corrected chi connectivity index (χ2v) is 3.53. The van der Waals surface area contributed by atoms with Crippen molar-refractivity contribution >= 4 is 17.3 Å². The third kappa shape index (κ3) is 4.63. The molecule has 0 aromatic carbocycles. The number of hydrogen-bond acceptors (Lipinski definition) is 4. The number of carbonyl (C=O) groups is 1. The molecule has 0 saturated carbocycles. The van der Waals surface area contributed by atoms with Crippen LogP contribution in [0, 0.1) is 0 Å². The molecule has 0 radical (unpaired) electrons. The van der Waals surface area contributed by atoms with Crippen LogP contribution in [0.1, 0.15) is 19.8 Å². The van der Waals surface area contributed by atoms with Gasteiger partial charge in [-0.25, -0.2) is 0 Å². The van der Waals surface area contributed by atoms with E-state index in [0.29, 0.717) is 18.7 Å². The van der Waals surface area contributed by atoms with Gasteiger partial charge in [0, 0.05) is 25.7 Å². The number of nitrogens with zero attached hydrogens (tertiary/aromatic N) is 1. The number of anilines is 2. The quantitative estimate of drug-likeness (QED) is 0.670. The van der Waals surface area contributed by atoms with Gasteiger partial charge in [-0.15, -0.1) is 0 Å². The third-order valence-corrected chi connectivity index (χ3v) is 2.01. The molecule has 1 rings (SSSR count). The van der Waals surface area contributed by atoms with Gasteiger partial charge in [-0.3, -0.25) is 9.78 Å². The van der Waals surface area contributed by atoms with Gasteiger partial charge in [0.2, 0.25) is 5.91 Å². The van der Waals surface area contributed by atoms with Gasteiger partial charge in [0.05, 0.1) is 17.6 Å². The van der Waals surface area contributed by atoms with Crippen LogP contribution in [0.5, 0.6) is 0 Å². The van der Waals surface area contributed by atoms with Gasteiger partial charge in [-0.05, 0) is 12.5 Å². The van der Waals surface area contributed by atoms with Crippen molar-refractivity contribution in [3.05, 3.63) is 18.5 Å². The van der Waals surface area contributed by atoms with Crippen LogP contribution in [-0.2, 0) is 4.79 Å². The van der Waals surface area contributed by atoms with Gasteiger partial charge >= 0.3 is 0 Å². The van der Waals surface area contributed by atoms with Crippen LogP contribution in [0.3, 0.4) is 0 Å². The normalized spacial score (nSPS) is 9.81. The summed E-state index contributed by atoms with van der Waals surface area (Å²) >= 11 is 0. The van der Waals surface area contributed by atoms with Crippen molar-refractivity contribution in [2.75, 3.05) is 24.1 Å². The minimum Gasteiger partial charge on any atom is -0.397 e. The second kappa shape index (κ2) is 6.66. The van der Waals surface area contributed by atoms with Gasteiger partial charge in [0.25, 0.3) is 0 Å². The Bertz CT molecular complexity index is 341. The first kappa shape index (κ1) is 12.3.